The summed E-state index contributed by atoms with van der Waals surface area (Å²) in [5.41, 5.74) is 0.526. The van der Waals surface area contributed by atoms with Crippen LogP contribution in [0.25, 0.3) is 0 Å². The predicted molar refractivity (Wildman–Crippen MR) is 65.8 cm³/mol. The maximum Gasteiger partial charge on any atom is 0.573 e. The van der Waals surface area contributed by atoms with Gasteiger partial charge in [0.25, 0.3) is 0 Å². The molecule has 0 aliphatic rings. The number of ether oxygens (including phenoxy) is 1. The molecular formula is C13H16ClF3O. The molecule has 1 nitrogen and oxygen atoms in total. The van der Waals surface area contributed by atoms with Gasteiger partial charge in [0.2, 0.25) is 0 Å². The molecule has 0 saturated heterocycles. The van der Waals surface area contributed by atoms with Crippen molar-refractivity contribution in [3.8, 4) is 5.75 Å². The first-order valence-electron chi connectivity index (χ1n) is 5.73. The van der Waals surface area contributed by atoms with Crippen LogP contribution in [0.2, 0.25) is 5.02 Å². The van der Waals surface area contributed by atoms with E-state index in [0.717, 1.165) is 0 Å². The van der Waals surface area contributed by atoms with E-state index in [1.54, 1.807) is 12.1 Å². The number of rotatable bonds is 4. The van der Waals surface area contributed by atoms with Crippen LogP contribution in [0.4, 0.5) is 13.2 Å². The second kappa shape index (κ2) is 5.83. The van der Waals surface area contributed by atoms with Crippen molar-refractivity contribution in [2.45, 2.75) is 33.6 Å². The summed E-state index contributed by atoms with van der Waals surface area (Å²) in [6.45, 7) is 6.06. The molecule has 1 atom stereocenters. The van der Waals surface area contributed by atoms with Crippen molar-refractivity contribution in [2.24, 2.45) is 11.8 Å². The minimum absolute atomic E-state index is 0.206. The minimum Gasteiger partial charge on any atom is -0.405 e. The van der Waals surface area contributed by atoms with Crippen molar-refractivity contribution in [3.05, 3.63) is 28.8 Å². The Hall–Kier alpha value is -0.900. The molecule has 0 aliphatic heterocycles. The number of alkyl halides is 3. The molecule has 18 heavy (non-hydrogen) atoms. The third-order valence-electron chi connectivity index (χ3n) is 2.93. The molecule has 0 radical (unpaired) electrons. The van der Waals surface area contributed by atoms with Gasteiger partial charge >= 0.3 is 6.36 Å². The molecule has 1 aromatic rings. The standard InChI is InChI=1S/C13H16ClF3O/c1-8(2)9(3)6-10-4-5-11(14)7-12(10)18-13(15,16)17/h4-5,7-9H,6H2,1-3H3. The fourth-order valence-corrected chi connectivity index (χ4v) is 1.66. The lowest BCUT2D eigenvalue weighted by Crippen LogP contribution is -2.19. The van der Waals surface area contributed by atoms with Gasteiger partial charge in [-0.1, -0.05) is 38.4 Å². The second-order valence-electron chi connectivity index (χ2n) is 4.73. The topological polar surface area (TPSA) is 9.23 Å². The normalized spacial score (nSPS) is 13.8. The van der Waals surface area contributed by atoms with Crippen molar-refractivity contribution >= 4 is 11.6 Å². The van der Waals surface area contributed by atoms with Crippen LogP contribution >= 0.6 is 11.6 Å². The number of hydrogen-bond donors (Lipinski definition) is 0. The summed E-state index contributed by atoms with van der Waals surface area (Å²) in [6, 6.07) is 4.37. The molecule has 102 valence electrons. The fourth-order valence-electron chi connectivity index (χ4n) is 1.50. The van der Waals surface area contributed by atoms with Gasteiger partial charge in [0.1, 0.15) is 5.75 Å². The van der Waals surface area contributed by atoms with E-state index in [1.807, 2.05) is 20.8 Å². The van der Waals surface area contributed by atoms with Gasteiger partial charge in [-0.15, -0.1) is 13.2 Å². The summed E-state index contributed by atoms with van der Waals surface area (Å²) in [6.07, 6.45) is -4.17. The zero-order valence-electron chi connectivity index (χ0n) is 10.5. The first kappa shape index (κ1) is 15.2. The van der Waals surface area contributed by atoms with Crippen LogP contribution in [0.15, 0.2) is 18.2 Å². The third-order valence-corrected chi connectivity index (χ3v) is 3.17. The third kappa shape index (κ3) is 4.77. The predicted octanol–water partition coefficient (Wildman–Crippen LogP) is 5.07. The van der Waals surface area contributed by atoms with Gasteiger partial charge in [0.15, 0.2) is 0 Å². The van der Waals surface area contributed by atoms with Crippen molar-refractivity contribution < 1.29 is 17.9 Å². The van der Waals surface area contributed by atoms with E-state index in [1.165, 1.54) is 6.07 Å². The molecule has 5 heteroatoms. The van der Waals surface area contributed by atoms with Crippen LogP contribution in [-0.2, 0) is 6.42 Å². The molecule has 1 rings (SSSR count). The van der Waals surface area contributed by atoms with E-state index >= 15 is 0 Å². The highest BCUT2D eigenvalue weighted by molar-refractivity contribution is 6.30. The molecule has 1 unspecified atom stereocenters. The zero-order chi connectivity index (χ0) is 13.9. The average molecular weight is 281 g/mol. The number of halogens is 4. The van der Waals surface area contributed by atoms with Crippen molar-refractivity contribution in [3.63, 3.8) is 0 Å². The average Bonchev–Trinajstić information content (AvgIpc) is 2.19. The Balaban J connectivity index is 2.96. The summed E-state index contributed by atoms with van der Waals surface area (Å²) in [5.74, 6) is 0.448. The fraction of sp³-hybridized carbons (Fsp3) is 0.538. The van der Waals surface area contributed by atoms with Gasteiger partial charge in [-0.2, -0.15) is 0 Å². The largest absolute Gasteiger partial charge is 0.573 e. The highest BCUT2D eigenvalue weighted by Gasteiger charge is 2.32. The van der Waals surface area contributed by atoms with E-state index < -0.39 is 6.36 Å². The lowest BCUT2D eigenvalue weighted by atomic mass is 9.91. The molecule has 0 heterocycles. The van der Waals surface area contributed by atoms with Crippen LogP contribution in [0.3, 0.4) is 0 Å². The van der Waals surface area contributed by atoms with Crippen LogP contribution < -0.4 is 4.74 Å². The van der Waals surface area contributed by atoms with Gasteiger partial charge in [-0.05, 0) is 36.0 Å². The maximum absolute atomic E-state index is 12.3. The van der Waals surface area contributed by atoms with Gasteiger partial charge in [-0.3, -0.25) is 0 Å². The molecule has 0 N–H and O–H groups in total. The van der Waals surface area contributed by atoms with Crippen LogP contribution in [0, 0.1) is 11.8 Å². The number of benzene rings is 1. The monoisotopic (exact) mass is 280 g/mol. The Morgan fingerprint density at radius 3 is 2.33 bits per heavy atom. The van der Waals surface area contributed by atoms with Crippen LogP contribution in [-0.4, -0.2) is 6.36 Å². The molecular weight excluding hydrogens is 265 g/mol. The van der Waals surface area contributed by atoms with E-state index in [-0.39, 0.29) is 16.7 Å². The van der Waals surface area contributed by atoms with Gasteiger partial charge in [-0.25, -0.2) is 0 Å². The van der Waals surface area contributed by atoms with Gasteiger partial charge < -0.3 is 4.74 Å². The lowest BCUT2D eigenvalue weighted by molar-refractivity contribution is -0.274. The molecule has 0 aromatic heterocycles. The van der Waals surface area contributed by atoms with Gasteiger partial charge in [0, 0.05) is 5.02 Å². The Kier molecular flexibility index (Phi) is 4.91. The Morgan fingerprint density at radius 2 is 1.83 bits per heavy atom. The quantitative estimate of drug-likeness (QED) is 0.748. The molecule has 0 fully saturated rings. The summed E-state index contributed by atoms with van der Waals surface area (Å²) < 4.78 is 40.9. The Bertz CT molecular complexity index is 402. The van der Waals surface area contributed by atoms with Crippen molar-refractivity contribution in [2.75, 3.05) is 0 Å². The van der Waals surface area contributed by atoms with E-state index in [0.29, 0.717) is 17.9 Å². The molecule has 0 saturated carbocycles. The van der Waals surface area contributed by atoms with Crippen LogP contribution in [0.5, 0.6) is 5.75 Å². The van der Waals surface area contributed by atoms with Gasteiger partial charge in [0.05, 0.1) is 0 Å². The smallest absolute Gasteiger partial charge is 0.405 e. The first-order valence-corrected chi connectivity index (χ1v) is 6.11. The Labute approximate surface area is 110 Å². The zero-order valence-corrected chi connectivity index (χ0v) is 11.3. The molecule has 0 bridgehead atoms. The summed E-state index contributed by atoms with van der Waals surface area (Å²) in [7, 11) is 0. The molecule has 0 spiro atoms. The number of hydrogen-bond acceptors (Lipinski definition) is 1. The van der Waals surface area contributed by atoms with Crippen molar-refractivity contribution in [1.82, 2.24) is 0 Å². The highest BCUT2D eigenvalue weighted by atomic mass is 35.5. The maximum atomic E-state index is 12.3. The summed E-state index contributed by atoms with van der Waals surface area (Å²) in [4.78, 5) is 0. The second-order valence-corrected chi connectivity index (χ2v) is 5.16. The minimum atomic E-state index is -4.69. The summed E-state index contributed by atoms with van der Waals surface area (Å²) in [5, 5.41) is 0.232. The molecule has 1 aromatic carbocycles. The van der Waals surface area contributed by atoms with E-state index in [9.17, 15) is 13.2 Å². The van der Waals surface area contributed by atoms with E-state index in [4.69, 9.17) is 11.6 Å². The van der Waals surface area contributed by atoms with E-state index in [2.05, 4.69) is 4.74 Å². The van der Waals surface area contributed by atoms with Crippen LogP contribution in [0.1, 0.15) is 26.3 Å². The van der Waals surface area contributed by atoms with Crippen molar-refractivity contribution in [1.29, 1.82) is 0 Å². The lowest BCUT2D eigenvalue weighted by Gasteiger charge is -2.19. The Morgan fingerprint density at radius 1 is 1.22 bits per heavy atom. The summed E-state index contributed by atoms with van der Waals surface area (Å²) >= 11 is 5.70. The molecule has 0 amide bonds. The first-order chi connectivity index (χ1) is 8.19. The highest BCUT2D eigenvalue weighted by Crippen LogP contribution is 2.31. The molecule has 0 aliphatic carbocycles. The SMILES string of the molecule is CC(C)C(C)Cc1ccc(Cl)cc1OC(F)(F)F.